The Morgan fingerprint density at radius 2 is 1.60 bits per heavy atom. The molecule has 0 aliphatic rings. The van der Waals surface area contributed by atoms with Gasteiger partial charge in [0.15, 0.2) is 6.61 Å². The average molecular weight is 405 g/mol. The summed E-state index contributed by atoms with van der Waals surface area (Å²) in [7, 11) is 1.65. The van der Waals surface area contributed by atoms with Crippen LogP contribution in [0.3, 0.4) is 0 Å². The Kier molecular flexibility index (Phi) is 6.72. The summed E-state index contributed by atoms with van der Waals surface area (Å²) >= 11 is 0. The fraction of sp³-hybridized carbons (Fsp3) is 0.280. The van der Waals surface area contributed by atoms with E-state index in [0.717, 1.165) is 35.7 Å². The number of ether oxygens (including phenoxy) is 2. The van der Waals surface area contributed by atoms with Crippen LogP contribution in [0.2, 0.25) is 0 Å². The fourth-order valence-corrected chi connectivity index (χ4v) is 3.44. The zero-order chi connectivity index (χ0) is 21.7. The van der Waals surface area contributed by atoms with E-state index in [2.05, 4.69) is 4.57 Å². The maximum absolute atomic E-state index is 12.7. The minimum atomic E-state index is -0.489. The molecule has 1 aromatic heterocycles. The number of methoxy groups -OCH3 is 1. The maximum atomic E-state index is 12.7. The molecule has 5 heteroatoms. The number of hydrogen-bond donors (Lipinski definition) is 0. The first kappa shape index (κ1) is 21.4. The lowest BCUT2D eigenvalue weighted by Crippen LogP contribution is -2.15. The first-order valence-electron chi connectivity index (χ1n) is 9.95. The second kappa shape index (κ2) is 9.44. The summed E-state index contributed by atoms with van der Waals surface area (Å²) in [6.07, 6.45) is 0.844. The Morgan fingerprint density at radius 1 is 0.933 bits per heavy atom. The van der Waals surface area contributed by atoms with Gasteiger partial charge in [-0.05, 0) is 63.1 Å². The Labute approximate surface area is 177 Å². The monoisotopic (exact) mass is 405 g/mol. The van der Waals surface area contributed by atoms with Gasteiger partial charge in [-0.3, -0.25) is 4.79 Å². The van der Waals surface area contributed by atoms with Crippen LogP contribution >= 0.6 is 0 Å². The zero-order valence-corrected chi connectivity index (χ0v) is 17.9. The summed E-state index contributed by atoms with van der Waals surface area (Å²) in [5, 5.41) is 0. The molecule has 3 aromatic rings. The molecule has 0 spiro atoms. The van der Waals surface area contributed by atoms with Crippen molar-refractivity contribution in [3.8, 4) is 5.75 Å². The molecule has 1 heterocycles. The van der Waals surface area contributed by atoms with Gasteiger partial charge in [0.05, 0.1) is 12.7 Å². The molecule has 0 atom stereocenters. The zero-order valence-electron chi connectivity index (χ0n) is 17.9. The van der Waals surface area contributed by atoms with Gasteiger partial charge in [-0.15, -0.1) is 0 Å². The quantitative estimate of drug-likeness (QED) is 0.402. The van der Waals surface area contributed by atoms with Gasteiger partial charge in [-0.25, -0.2) is 4.79 Å². The molecule has 0 N–H and O–H groups in total. The van der Waals surface area contributed by atoms with Gasteiger partial charge < -0.3 is 14.0 Å². The minimum Gasteiger partial charge on any atom is -0.497 e. The molecule has 0 aliphatic carbocycles. The van der Waals surface area contributed by atoms with Crippen molar-refractivity contribution in [1.29, 1.82) is 0 Å². The fourth-order valence-electron chi connectivity index (χ4n) is 3.44. The van der Waals surface area contributed by atoms with E-state index < -0.39 is 5.97 Å². The van der Waals surface area contributed by atoms with Gasteiger partial charge >= 0.3 is 5.97 Å². The summed E-state index contributed by atoms with van der Waals surface area (Å²) in [5.74, 6) is 0.149. The lowest BCUT2D eigenvalue weighted by molar-refractivity contribution is 0.0474. The van der Waals surface area contributed by atoms with E-state index in [0.29, 0.717) is 11.1 Å². The van der Waals surface area contributed by atoms with Gasteiger partial charge in [0.2, 0.25) is 5.78 Å². The van der Waals surface area contributed by atoms with Crippen LogP contribution in [0, 0.1) is 20.8 Å². The van der Waals surface area contributed by atoms with E-state index in [-0.39, 0.29) is 12.4 Å². The number of carbonyl (C=O) groups excluding carboxylic acids is 2. The van der Waals surface area contributed by atoms with Crippen LogP contribution in [0.15, 0.2) is 54.6 Å². The summed E-state index contributed by atoms with van der Waals surface area (Å²) in [6, 6.07) is 16.9. The summed E-state index contributed by atoms with van der Waals surface area (Å²) < 4.78 is 12.5. The summed E-state index contributed by atoms with van der Waals surface area (Å²) in [4.78, 5) is 24.8. The van der Waals surface area contributed by atoms with Gasteiger partial charge in [0.1, 0.15) is 5.75 Å². The molecular weight excluding hydrogens is 378 g/mol. The maximum Gasteiger partial charge on any atom is 0.338 e. The van der Waals surface area contributed by atoms with Crippen molar-refractivity contribution in [2.75, 3.05) is 13.7 Å². The number of ketones is 1. The van der Waals surface area contributed by atoms with Crippen LogP contribution < -0.4 is 4.74 Å². The summed E-state index contributed by atoms with van der Waals surface area (Å²) in [5.41, 5.74) is 5.19. The Balaban J connectivity index is 1.62. The van der Waals surface area contributed by atoms with E-state index in [1.54, 1.807) is 19.2 Å². The minimum absolute atomic E-state index is 0.195. The average Bonchev–Trinajstić information content (AvgIpc) is 3.04. The lowest BCUT2D eigenvalue weighted by atomic mass is 10.1. The first-order valence-corrected chi connectivity index (χ1v) is 9.95. The van der Waals surface area contributed by atoms with Crippen LogP contribution in [-0.2, 0) is 17.7 Å². The topological polar surface area (TPSA) is 57.5 Å². The molecule has 2 aromatic carbocycles. The standard InChI is InChI=1S/C25H27NO4/c1-17-5-9-21(10-6-17)25(28)30-16-24(27)23-15-18(2)26(19(23)3)14-13-20-7-11-22(29-4)12-8-20/h5-12,15H,13-14,16H2,1-4H3. The number of hydrogen-bond acceptors (Lipinski definition) is 4. The van der Waals surface area contributed by atoms with Crippen molar-refractivity contribution in [2.45, 2.75) is 33.7 Å². The van der Waals surface area contributed by atoms with Crippen molar-refractivity contribution >= 4 is 11.8 Å². The predicted octanol–water partition coefficient (Wildman–Crippen LogP) is 4.70. The number of Topliss-reactive ketones (excluding diaryl/α,β-unsaturated/α-hetero) is 1. The lowest BCUT2D eigenvalue weighted by Gasteiger charge is -2.10. The molecular formula is C25H27NO4. The van der Waals surface area contributed by atoms with Crippen molar-refractivity contribution in [2.24, 2.45) is 0 Å². The van der Waals surface area contributed by atoms with E-state index in [1.165, 1.54) is 5.56 Å². The van der Waals surface area contributed by atoms with Crippen LogP contribution in [0.1, 0.15) is 43.2 Å². The molecule has 0 aliphatic heterocycles. The molecule has 0 unspecified atom stereocenters. The number of nitrogens with zero attached hydrogens (tertiary/aromatic N) is 1. The molecule has 0 radical (unpaired) electrons. The second-order valence-corrected chi connectivity index (χ2v) is 7.40. The Morgan fingerprint density at radius 3 is 2.23 bits per heavy atom. The molecule has 0 amide bonds. The van der Waals surface area contributed by atoms with Crippen molar-refractivity contribution in [3.63, 3.8) is 0 Å². The van der Waals surface area contributed by atoms with Crippen LogP contribution in [0.25, 0.3) is 0 Å². The number of carbonyl (C=O) groups is 2. The third-order valence-electron chi connectivity index (χ3n) is 5.28. The van der Waals surface area contributed by atoms with Gasteiger partial charge in [0.25, 0.3) is 0 Å². The largest absolute Gasteiger partial charge is 0.497 e. The highest BCUT2D eigenvalue weighted by atomic mass is 16.5. The van der Waals surface area contributed by atoms with E-state index in [9.17, 15) is 9.59 Å². The first-order chi connectivity index (χ1) is 14.4. The third kappa shape index (κ3) is 4.98. The van der Waals surface area contributed by atoms with E-state index in [4.69, 9.17) is 9.47 Å². The van der Waals surface area contributed by atoms with Gasteiger partial charge in [0, 0.05) is 23.5 Å². The van der Waals surface area contributed by atoms with E-state index in [1.807, 2.05) is 63.2 Å². The highest BCUT2D eigenvalue weighted by molar-refractivity contribution is 6.00. The van der Waals surface area contributed by atoms with Crippen molar-refractivity contribution in [3.05, 3.63) is 88.2 Å². The smallest absolute Gasteiger partial charge is 0.338 e. The predicted molar refractivity (Wildman–Crippen MR) is 116 cm³/mol. The highest BCUT2D eigenvalue weighted by Gasteiger charge is 2.18. The van der Waals surface area contributed by atoms with Crippen LogP contribution in [0.4, 0.5) is 0 Å². The Hall–Kier alpha value is -3.34. The van der Waals surface area contributed by atoms with Crippen molar-refractivity contribution < 1.29 is 19.1 Å². The van der Waals surface area contributed by atoms with Crippen LogP contribution in [-0.4, -0.2) is 30.0 Å². The molecule has 5 nitrogen and oxygen atoms in total. The number of aryl methyl sites for hydroxylation is 3. The second-order valence-electron chi connectivity index (χ2n) is 7.40. The molecule has 0 saturated carbocycles. The van der Waals surface area contributed by atoms with Crippen LogP contribution in [0.5, 0.6) is 5.75 Å². The molecule has 0 fully saturated rings. The van der Waals surface area contributed by atoms with Gasteiger partial charge in [-0.2, -0.15) is 0 Å². The van der Waals surface area contributed by atoms with E-state index >= 15 is 0 Å². The number of benzene rings is 2. The number of aromatic nitrogens is 1. The normalized spacial score (nSPS) is 10.7. The summed E-state index contributed by atoms with van der Waals surface area (Å²) in [6.45, 7) is 6.35. The molecule has 156 valence electrons. The highest BCUT2D eigenvalue weighted by Crippen LogP contribution is 2.18. The Bertz CT molecular complexity index is 1030. The third-order valence-corrected chi connectivity index (χ3v) is 5.28. The molecule has 0 bridgehead atoms. The molecule has 3 rings (SSSR count). The molecule has 0 saturated heterocycles. The van der Waals surface area contributed by atoms with Gasteiger partial charge in [-0.1, -0.05) is 29.8 Å². The number of rotatable bonds is 8. The number of esters is 1. The van der Waals surface area contributed by atoms with Crippen molar-refractivity contribution in [1.82, 2.24) is 4.57 Å². The molecule has 30 heavy (non-hydrogen) atoms. The SMILES string of the molecule is COc1ccc(CCn2c(C)cc(C(=O)COC(=O)c3ccc(C)cc3)c2C)cc1.